The first-order valence-electron chi connectivity index (χ1n) is 7.00. The Kier molecular flexibility index (Phi) is 5.42. The Labute approximate surface area is 107 Å². The fourth-order valence-corrected chi connectivity index (χ4v) is 3.07. The number of piperidine rings is 1. The first-order chi connectivity index (χ1) is 8.05. The van der Waals surface area contributed by atoms with E-state index in [2.05, 4.69) is 25.7 Å². The summed E-state index contributed by atoms with van der Waals surface area (Å²) in [6.45, 7) is 10.6. The maximum Gasteiger partial charge on any atom is 0.0656 e. The molecule has 0 spiro atoms. The van der Waals surface area contributed by atoms with E-state index in [0.717, 1.165) is 6.61 Å². The molecule has 0 aromatic carbocycles. The van der Waals surface area contributed by atoms with E-state index in [1.165, 1.54) is 38.8 Å². The molecule has 1 atom stereocenters. The lowest BCUT2D eigenvalue weighted by molar-refractivity contribution is -0.0157. The molecule has 1 fully saturated rings. The smallest absolute Gasteiger partial charge is 0.0656 e. The molecule has 0 bridgehead atoms. The van der Waals surface area contributed by atoms with E-state index < -0.39 is 0 Å². The molecule has 1 saturated heterocycles. The van der Waals surface area contributed by atoms with Gasteiger partial charge in [0.2, 0.25) is 0 Å². The van der Waals surface area contributed by atoms with Crippen LogP contribution in [0.5, 0.6) is 0 Å². The fraction of sp³-hybridized carbons (Fsp3) is 1.00. The van der Waals surface area contributed by atoms with E-state index in [9.17, 15) is 0 Å². The van der Waals surface area contributed by atoms with Gasteiger partial charge in [-0.3, -0.25) is 4.90 Å². The molecular weight excluding hydrogens is 212 g/mol. The van der Waals surface area contributed by atoms with Crippen molar-refractivity contribution < 1.29 is 4.74 Å². The summed E-state index contributed by atoms with van der Waals surface area (Å²) in [5.41, 5.74) is 6.53. The number of hydrogen-bond acceptors (Lipinski definition) is 3. The molecule has 0 aliphatic carbocycles. The molecule has 3 nitrogen and oxygen atoms in total. The molecular formula is C14H30N2O. The minimum absolute atomic E-state index is 0.0163. The summed E-state index contributed by atoms with van der Waals surface area (Å²) in [5, 5.41) is 0. The highest BCUT2D eigenvalue weighted by Crippen LogP contribution is 2.39. The van der Waals surface area contributed by atoms with Gasteiger partial charge in [-0.25, -0.2) is 0 Å². The Morgan fingerprint density at radius 1 is 1.24 bits per heavy atom. The van der Waals surface area contributed by atoms with Crippen LogP contribution in [-0.2, 0) is 4.74 Å². The summed E-state index contributed by atoms with van der Waals surface area (Å²) in [7, 11) is 1.76. The number of ether oxygens (including phenoxy) is 1. The standard InChI is InChI=1S/C14H30N2O/c1-5-14(6-2)7-9-16(10-8-14)13(3,11-15)12-17-4/h5-12,15H2,1-4H3. The second-order valence-electron chi connectivity index (χ2n) is 5.83. The number of likely N-dealkylation sites (tertiary alicyclic amines) is 1. The maximum atomic E-state index is 5.93. The van der Waals surface area contributed by atoms with Gasteiger partial charge in [-0.15, -0.1) is 0 Å². The van der Waals surface area contributed by atoms with Gasteiger partial charge >= 0.3 is 0 Å². The van der Waals surface area contributed by atoms with Crippen LogP contribution in [0, 0.1) is 5.41 Å². The molecule has 1 heterocycles. The van der Waals surface area contributed by atoms with Crippen LogP contribution >= 0.6 is 0 Å². The van der Waals surface area contributed by atoms with Crippen LogP contribution in [0.3, 0.4) is 0 Å². The summed E-state index contributed by atoms with van der Waals surface area (Å²) in [5.74, 6) is 0. The number of rotatable bonds is 6. The Hall–Kier alpha value is -0.120. The highest BCUT2D eigenvalue weighted by Gasteiger charge is 2.38. The van der Waals surface area contributed by atoms with Crippen molar-refractivity contribution in [1.82, 2.24) is 4.90 Å². The van der Waals surface area contributed by atoms with Crippen molar-refractivity contribution >= 4 is 0 Å². The molecule has 0 aromatic rings. The van der Waals surface area contributed by atoms with Crippen LogP contribution < -0.4 is 5.73 Å². The molecule has 0 amide bonds. The molecule has 1 unspecified atom stereocenters. The predicted octanol–water partition coefficient (Wildman–Crippen LogP) is 2.25. The first-order valence-corrected chi connectivity index (χ1v) is 7.00. The molecule has 1 aliphatic heterocycles. The summed E-state index contributed by atoms with van der Waals surface area (Å²) < 4.78 is 5.33. The Bertz CT molecular complexity index is 218. The topological polar surface area (TPSA) is 38.5 Å². The quantitative estimate of drug-likeness (QED) is 0.776. The largest absolute Gasteiger partial charge is 0.383 e. The van der Waals surface area contributed by atoms with Crippen molar-refractivity contribution in [3.05, 3.63) is 0 Å². The number of nitrogens with two attached hydrogens (primary N) is 1. The molecule has 1 aliphatic rings. The van der Waals surface area contributed by atoms with E-state index in [1.54, 1.807) is 7.11 Å². The average Bonchev–Trinajstić information content (AvgIpc) is 2.39. The van der Waals surface area contributed by atoms with Crippen LogP contribution in [0.2, 0.25) is 0 Å². The lowest BCUT2D eigenvalue weighted by atomic mass is 9.73. The highest BCUT2D eigenvalue weighted by molar-refractivity contribution is 4.93. The van der Waals surface area contributed by atoms with Gasteiger partial charge in [0.15, 0.2) is 0 Å². The van der Waals surface area contributed by atoms with Gasteiger partial charge < -0.3 is 10.5 Å². The molecule has 17 heavy (non-hydrogen) atoms. The molecule has 0 saturated carbocycles. The van der Waals surface area contributed by atoms with Crippen molar-refractivity contribution in [3.63, 3.8) is 0 Å². The zero-order chi connectivity index (χ0) is 12.9. The summed E-state index contributed by atoms with van der Waals surface area (Å²) >= 11 is 0. The van der Waals surface area contributed by atoms with Crippen molar-refractivity contribution in [2.24, 2.45) is 11.1 Å². The molecule has 2 N–H and O–H groups in total. The summed E-state index contributed by atoms with van der Waals surface area (Å²) in [6, 6.07) is 0. The third-order valence-electron chi connectivity index (χ3n) is 4.98. The molecule has 3 heteroatoms. The van der Waals surface area contributed by atoms with Gasteiger partial charge in [0.25, 0.3) is 0 Å². The van der Waals surface area contributed by atoms with E-state index in [1.807, 2.05) is 0 Å². The Morgan fingerprint density at radius 2 is 1.76 bits per heavy atom. The minimum Gasteiger partial charge on any atom is -0.383 e. The normalized spacial score (nSPS) is 24.5. The second-order valence-corrected chi connectivity index (χ2v) is 5.83. The highest BCUT2D eigenvalue weighted by atomic mass is 16.5. The predicted molar refractivity (Wildman–Crippen MR) is 73.2 cm³/mol. The zero-order valence-corrected chi connectivity index (χ0v) is 12.1. The number of methoxy groups -OCH3 is 1. The van der Waals surface area contributed by atoms with E-state index in [4.69, 9.17) is 10.5 Å². The van der Waals surface area contributed by atoms with Gasteiger partial charge in [-0.2, -0.15) is 0 Å². The van der Waals surface area contributed by atoms with Gasteiger partial charge in [0, 0.05) is 13.7 Å². The summed E-state index contributed by atoms with van der Waals surface area (Å²) in [4.78, 5) is 2.53. The van der Waals surface area contributed by atoms with Crippen molar-refractivity contribution in [1.29, 1.82) is 0 Å². The van der Waals surface area contributed by atoms with E-state index >= 15 is 0 Å². The van der Waals surface area contributed by atoms with Gasteiger partial charge in [0.05, 0.1) is 12.1 Å². The SMILES string of the molecule is CCC1(CC)CCN(C(C)(CN)COC)CC1. The monoisotopic (exact) mass is 242 g/mol. The second kappa shape index (κ2) is 6.17. The zero-order valence-electron chi connectivity index (χ0n) is 12.1. The lowest BCUT2D eigenvalue weighted by Crippen LogP contribution is -2.58. The third-order valence-corrected chi connectivity index (χ3v) is 4.98. The van der Waals surface area contributed by atoms with E-state index in [-0.39, 0.29) is 5.54 Å². The van der Waals surface area contributed by atoms with Crippen molar-refractivity contribution in [2.45, 2.75) is 52.0 Å². The van der Waals surface area contributed by atoms with Crippen LogP contribution in [0.25, 0.3) is 0 Å². The molecule has 0 aromatic heterocycles. The third kappa shape index (κ3) is 3.21. The summed E-state index contributed by atoms with van der Waals surface area (Å²) in [6.07, 6.45) is 5.22. The maximum absolute atomic E-state index is 5.93. The molecule has 102 valence electrons. The average molecular weight is 242 g/mol. The minimum atomic E-state index is 0.0163. The number of nitrogens with zero attached hydrogens (tertiary/aromatic N) is 1. The fourth-order valence-electron chi connectivity index (χ4n) is 3.07. The van der Waals surface area contributed by atoms with Gasteiger partial charge in [-0.1, -0.05) is 26.7 Å². The Balaban J connectivity index is 2.61. The van der Waals surface area contributed by atoms with Crippen molar-refractivity contribution in [2.75, 3.05) is 33.4 Å². The lowest BCUT2D eigenvalue weighted by Gasteiger charge is -2.48. The molecule has 1 rings (SSSR count). The molecule has 0 radical (unpaired) electrons. The van der Waals surface area contributed by atoms with Crippen LogP contribution in [0.4, 0.5) is 0 Å². The number of hydrogen-bond donors (Lipinski definition) is 1. The van der Waals surface area contributed by atoms with Gasteiger partial charge in [0.1, 0.15) is 0 Å². The van der Waals surface area contributed by atoms with E-state index in [0.29, 0.717) is 12.0 Å². The first kappa shape index (κ1) is 14.9. The van der Waals surface area contributed by atoms with Crippen LogP contribution in [0.1, 0.15) is 46.5 Å². The van der Waals surface area contributed by atoms with Crippen LogP contribution in [0.15, 0.2) is 0 Å². The van der Waals surface area contributed by atoms with Gasteiger partial charge in [-0.05, 0) is 38.3 Å². The van der Waals surface area contributed by atoms with Crippen LogP contribution in [-0.4, -0.2) is 43.8 Å². The Morgan fingerprint density at radius 3 is 2.12 bits per heavy atom. The van der Waals surface area contributed by atoms with Crippen molar-refractivity contribution in [3.8, 4) is 0 Å².